The molecule has 3 aromatic heterocycles. The van der Waals surface area contributed by atoms with Crippen LogP contribution in [-0.4, -0.2) is 117 Å². The summed E-state index contributed by atoms with van der Waals surface area (Å²) >= 11 is 8.31. The van der Waals surface area contributed by atoms with E-state index in [1.807, 2.05) is 66.6 Å². The lowest BCUT2D eigenvalue weighted by Gasteiger charge is -2.32. The number of fused-ring (bicyclic) bond motifs is 1. The topological polar surface area (TPSA) is 143 Å². The third-order valence-corrected chi connectivity index (χ3v) is 13.6. The summed E-state index contributed by atoms with van der Waals surface area (Å²) in [6.07, 6.45) is 6.41. The normalized spacial score (nSPS) is 16.3. The van der Waals surface area contributed by atoms with Gasteiger partial charge in [0.25, 0.3) is 5.91 Å². The lowest BCUT2D eigenvalue weighted by molar-refractivity contribution is -0.145. The van der Waals surface area contributed by atoms with E-state index in [0.29, 0.717) is 45.8 Å². The standard InChI is InChI=1S/C48H50ClN7O6S/c1-30-36(15-16-38(43(30)49)60-26-25-55-23-21-54(2)22-24-55)41-42-40(28-51-44(41)31-8-5-9-31)63-53-46(42)62-39(48(58)59)27-34-7-3-4-10-37(34)61-29-35-17-18-50-45(52-35)32-11-13-33(14-12-32)47(57)56-19-6-20-56/h3-4,7,10-18,28,31,39H,5-6,8-9,19-27,29H2,1-2H3,(H,58,59)/t39-/m1/s1. The second-order valence-corrected chi connectivity index (χ2v) is 17.7. The van der Waals surface area contributed by atoms with E-state index in [-0.39, 0.29) is 30.7 Å². The first-order valence-corrected chi connectivity index (χ1v) is 22.8. The largest absolute Gasteiger partial charge is 0.491 e. The quantitative estimate of drug-likeness (QED) is 0.100. The number of carboxylic acids is 1. The van der Waals surface area contributed by atoms with Crippen molar-refractivity contribution in [1.29, 1.82) is 0 Å². The number of rotatable bonds is 16. The van der Waals surface area contributed by atoms with Crippen molar-refractivity contribution in [3.63, 3.8) is 0 Å². The number of para-hydroxylation sites is 1. The first-order valence-electron chi connectivity index (χ1n) is 21.6. The first kappa shape index (κ1) is 42.6. The fourth-order valence-corrected chi connectivity index (χ4v) is 9.14. The number of pyridine rings is 1. The smallest absolute Gasteiger partial charge is 0.345 e. The summed E-state index contributed by atoms with van der Waals surface area (Å²) < 4.78 is 24.4. The van der Waals surface area contributed by atoms with E-state index in [0.717, 1.165) is 110 Å². The fraction of sp³-hybridized carbons (Fsp3) is 0.375. The first-order chi connectivity index (χ1) is 30.7. The van der Waals surface area contributed by atoms with E-state index in [2.05, 4.69) is 21.8 Å². The Kier molecular flexibility index (Phi) is 12.8. The van der Waals surface area contributed by atoms with Crippen molar-refractivity contribution in [2.75, 3.05) is 59.5 Å². The molecule has 1 aliphatic carbocycles. The van der Waals surface area contributed by atoms with E-state index in [4.69, 9.17) is 40.2 Å². The van der Waals surface area contributed by atoms with Crippen molar-refractivity contribution >= 4 is 45.1 Å². The Morgan fingerprint density at radius 1 is 0.921 bits per heavy atom. The van der Waals surface area contributed by atoms with Crippen molar-refractivity contribution in [2.45, 2.75) is 57.7 Å². The van der Waals surface area contributed by atoms with Crippen LogP contribution in [0.4, 0.5) is 0 Å². The third-order valence-electron chi connectivity index (χ3n) is 12.4. The fourth-order valence-electron chi connectivity index (χ4n) is 8.23. The van der Waals surface area contributed by atoms with Gasteiger partial charge in [-0.15, -0.1) is 0 Å². The lowest BCUT2D eigenvalue weighted by Crippen LogP contribution is -2.45. The second-order valence-electron chi connectivity index (χ2n) is 16.6. The summed E-state index contributed by atoms with van der Waals surface area (Å²) in [5, 5.41) is 11.9. The van der Waals surface area contributed by atoms with Gasteiger partial charge in [0.05, 0.1) is 26.5 Å². The van der Waals surface area contributed by atoms with Crippen LogP contribution < -0.4 is 14.2 Å². The van der Waals surface area contributed by atoms with Gasteiger partial charge in [-0.05, 0) is 91.8 Å². The van der Waals surface area contributed by atoms with Gasteiger partial charge in [0, 0.05) is 87.2 Å². The number of amides is 1. The summed E-state index contributed by atoms with van der Waals surface area (Å²) in [6.45, 7) is 9.18. The van der Waals surface area contributed by atoms with Crippen molar-refractivity contribution < 1.29 is 28.9 Å². The number of likely N-dealkylation sites (N-methyl/N-ethyl adjacent to an activating group) is 1. The minimum Gasteiger partial charge on any atom is -0.491 e. The zero-order chi connectivity index (χ0) is 43.5. The highest BCUT2D eigenvalue weighted by atomic mass is 35.5. The lowest BCUT2D eigenvalue weighted by atomic mass is 9.79. The van der Waals surface area contributed by atoms with Gasteiger partial charge in [-0.2, -0.15) is 4.37 Å². The van der Waals surface area contributed by atoms with Crippen LogP contribution in [0.3, 0.4) is 0 Å². The number of aromatic nitrogens is 4. The number of carboxylic acid groups (broad SMARTS) is 1. The van der Waals surface area contributed by atoms with Gasteiger partial charge in [-0.3, -0.25) is 14.7 Å². The van der Waals surface area contributed by atoms with E-state index < -0.39 is 12.1 Å². The highest BCUT2D eigenvalue weighted by molar-refractivity contribution is 7.13. The Morgan fingerprint density at radius 2 is 1.71 bits per heavy atom. The molecule has 5 heterocycles. The van der Waals surface area contributed by atoms with Crippen LogP contribution in [0.1, 0.15) is 64.5 Å². The maximum Gasteiger partial charge on any atom is 0.345 e. The van der Waals surface area contributed by atoms with Crippen LogP contribution in [0.15, 0.2) is 79.1 Å². The number of aliphatic carboxylic acids is 1. The minimum absolute atomic E-state index is 0.0168. The van der Waals surface area contributed by atoms with Crippen LogP contribution in [0.25, 0.3) is 32.6 Å². The Morgan fingerprint density at radius 3 is 2.44 bits per heavy atom. The number of benzene rings is 3. The average Bonchev–Trinajstić information content (AvgIpc) is 3.67. The molecule has 0 unspecified atom stereocenters. The average molecular weight is 888 g/mol. The van der Waals surface area contributed by atoms with Crippen LogP contribution in [0, 0.1) is 6.92 Å². The molecule has 3 aliphatic rings. The number of nitrogens with zero attached hydrogens (tertiary/aromatic N) is 7. The molecule has 1 saturated carbocycles. The molecule has 3 fully saturated rings. The Hall–Kier alpha value is -5.67. The van der Waals surface area contributed by atoms with Crippen molar-refractivity contribution in [3.8, 4) is 39.9 Å². The van der Waals surface area contributed by atoms with Crippen molar-refractivity contribution in [1.82, 2.24) is 34.0 Å². The SMILES string of the molecule is Cc1c(-c2c(C3CCC3)ncc3snc(O[C@H](Cc4ccccc4OCc4ccnc(-c5ccc(C(=O)N6CCC6)cc5)n4)C(=O)O)c23)ccc(OCCN2CCN(C)CC2)c1Cl. The molecule has 1 amide bonds. The molecule has 0 bridgehead atoms. The Balaban J connectivity index is 0.931. The maximum atomic E-state index is 13.0. The van der Waals surface area contributed by atoms with E-state index >= 15 is 0 Å². The van der Waals surface area contributed by atoms with E-state index in [9.17, 15) is 14.7 Å². The number of ether oxygens (including phenoxy) is 3. The van der Waals surface area contributed by atoms with Gasteiger partial charge < -0.3 is 29.1 Å². The molecule has 1 atom stereocenters. The zero-order valence-corrected chi connectivity index (χ0v) is 37.0. The molecule has 2 aliphatic heterocycles. The monoisotopic (exact) mass is 887 g/mol. The number of carbonyl (C=O) groups is 2. The van der Waals surface area contributed by atoms with Crippen LogP contribution in [0.2, 0.25) is 5.02 Å². The third kappa shape index (κ3) is 9.35. The summed E-state index contributed by atoms with van der Waals surface area (Å²) in [6, 6.07) is 20.4. The predicted octanol–water partition coefficient (Wildman–Crippen LogP) is 8.17. The molecular weight excluding hydrogens is 838 g/mol. The Bertz CT molecular complexity index is 2610. The summed E-state index contributed by atoms with van der Waals surface area (Å²) in [5.41, 5.74) is 6.27. The molecule has 63 heavy (non-hydrogen) atoms. The molecule has 13 nitrogen and oxygen atoms in total. The summed E-state index contributed by atoms with van der Waals surface area (Å²) in [4.78, 5) is 46.4. The predicted molar refractivity (Wildman–Crippen MR) is 243 cm³/mol. The van der Waals surface area contributed by atoms with Crippen LogP contribution >= 0.6 is 23.1 Å². The summed E-state index contributed by atoms with van der Waals surface area (Å²) in [5.74, 6) is 1.06. The molecule has 0 radical (unpaired) electrons. The molecule has 1 N–H and O–H groups in total. The molecule has 15 heteroatoms. The van der Waals surface area contributed by atoms with E-state index in [1.165, 1.54) is 11.5 Å². The molecule has 9 rings (SSSR count). The molecule has 0 spiro atoms. The number of likely N-dealkylation sites (tertiary alicyclic amines) is 1. The van der Waals surface area contributed by atoms with Gasteiger partial charge in [-0.25, -0.2) is 14.8 Å². The number of hydrogen-bond acceptors (Lipinski definition) is 12. The van der Waals surface area contributed by atoms with Gasteiger partial charge >= 0.3 is 5.97 Å². The summed E-state index contributed by atoms with van der Waals surface area (Å²) in [7, 11) is 2.15. The van der Waals surface area contributed by atoms with E-state index in [1.54, 1.807) is 24.4 Å². The minimum atomic E-state index is -1.28. The molecule has 3 aromatic carbocycles. The van der Waals surface area contributed by atoms with Crippen molar-refractivity contribution in [3.05, 3.63) is 112 Å². The van der Waals surface area contributed by atoms with Gasteiger partial charge in [0.1, 0.15) is 24.7 Å². The second kappa shape index (κ2) is 19.0. The highest BCUT2D eigenvalue weighted by Gasteiger charge is 2.31. The van der Waals surface area contributed by atoms with Gasteiger partial charge in [-0.1, -0.05) is 54.4 Å². The maximum absolute atomic E-state index is 13.0. The zero-order valence-electron chi connectivity index (χ0n) is 35.5. The number of hydrogen-bond donors (Lipinski definition) is 1. The number of halogens is 1. The molecular formula is C48H50ClN7O6S. The van der Waals surface area contributed by atoms with Crippen molar-refractivity contribution in [2.24, 2.45) is 0 Å². The number of piperazine rings is 1. The molecule has 6 aromatic rings. The molecule has 326 valence electrons. The Labute approximate surface area is 375 Å². The molecule has 2 saturated heterocycles. The highest BCUT2D eigenvalue weighted by Crippen LogP contribution is 2.48. The van der Waals surface area contributed by atoms with Gasteiger partial charge in [0.2, 0.25) is 12.0 Å². The van der Waals surface area contributed by atoms with Crippen LogP contribution in [-0.2, 0) is 17.8 Å². The van der Waals surface area contributed by atoms with Gasteiger partial charge in [0.15, 0.2) is 5.82 Å². The number of carbonyl (C=O) groups excluding carboxylic acids is 1. The van der Waals surface area contributed by atoms with Crippen LogP contribution in [0.5, 0.6) is 17.4 Å².